The fraction of sp³-hybridized carbons (Fsp3) is 0.647. The zero-order valence-electron chi connectivity index (χ0n) is 27.4. The highest BCUT2D eigenvalue weighted by Crippen LogP contribution is 2.39. The fourth-order valence-electron chi connectivity index (χ4n) is 6.13. The third-order valence-corrected chi connectivity index (χ3v) is 8.76. The minimum atomic E-state index is -2.05. The quantitative estimate of drug-likeness (QED) is 0.174. The number of ether oxygens (including phenoxy) is 6. The number of nitrogens with two attached hydrogens (primary N) is 1. The van der Waals surface area contributed by atoms with Crippen molar-refractivity contribution in [2.45, 2.75) is 125 Å². The van der Waals surface area contributed by atoms with E-state index in [1.807, 2.05) is 12.2 Å². The van der Waals surface area contributed by atoms with E-state index in [9.17, 15) is 35.1 Å². The van der Waals surface area contributed by atoms with Crippen LogP contribution in [-0.4, -0.2) is 124 Å². The molecule has 4 rings (SSSR count). The van der Waals surface area contributed by atoms with Crippen molar-refractivity contribution < 1.29 is 63.5 Å². The molecule has 0 aromatic carbocycles. The Balaban J connectivity index is 1.60. The van der Waals surface area contributed by atoms with E-state index in [2.05, 4.69) is 0 Å². The SMILES string of the molecule is COC(=O)C1C(O)CC2(O)CC(O)CC3OC3C=CC(=O)OC(C)CC=CC=CC=CC=CC(OC3OC(C)C(O)C(N)C3O)CC1O2. The monoisotopic (exact) mass is 679 g/mol. The largest absolute Gasteiger partial charge is 0.469 e. The van der Waals surface area contributed by atoms with E-state index >= 15 is 0 Å². The molecule has 0 saturated carbocycles. The Labute approximate surface area is 280 Å². The van der Waals surface area contributed by atoms with Gasteiger partial charge in [-0.25, -0.2) is 4.79 Å². The van der Waals surface area contributed by atoms with Crippen molar-refractivity contribution >= 4 is 11.9 Å². The molecule has 0 aliphatic carbocycles. The van der Waals surface area contributed by atoms with E-state index in [1.165, 1.54) is 13.2 Å². The van der Waals surface area contributed by atoms with Gasteiger partial charge in [-0.05, 0) is 19.9 Å². The maximum Gasteiger partial charge on any atom is 0.330 e. The number of rotatable bonds is 3. The highest BCUT2D eigenvalue weighted by molar-refractivity contribution is 5.82. The zero-order valence-corrected chi connectivity index (χ0v) is 27.4. The van der Waals surface area contributed by atoms with Gasteiger partial charge in [-0.2, -0.15) is 0 Å². The molecule has 0 aromatic rings. The van der Waals surface area contributed by atoms with Crippen LogP contribution < -0.4 is 5.73 Å². The lowest BCUT2D eigenvalue weighted by Gasteiger charge is -2.45. The first kappa shape index (κ1) is 38.0. The lowest BCUT2D eigenvalue weighted by molar-refractivity contribution is -0.308. The van der Waals surface area contributed by atoms with Crippen LogP contribution in [0, 0.1) is 5.92 Å². The molecule has 0 spiro atoms. The molecule has 14 nitrogen and oxygen atoms in total. The molecule has 14 unspecified atom stereocenters. The number of aliphatic hydroxyl groups is 5. The number of carbonyl (C=O) groups excluding carboxylic acids is 2. The first-order valence-electron chi connectivity index (χ1n) is 16.3. The van der Waals surface area contributed by atoms with Crippen molar-refractivity contribution in [2.75, 3.05) is 7.11 Å². The van der Waals surface area contributed by atoms with Crippen molar-refractivity contribution in [2.24, 2.45) is 11.7 Å². The number of esters is 2. The molecule has 2 bridgehead atoms. The number of allylic oxidation sites excluding steroid dienone is 6. The number of hydrogen-bond donors (Lipinski definition) is 6. The van der Waals surface area contributed by atoms with Crippen LogP contribution in [0.3, 0.4) is 0 Å². The molecule has 0 amide bonds. The molecule has 3 saturated heterocycles. The Bertz CT molecular complexity index is 1240. The number of methoxy groups -OCH3 is 1. The van der Waals surface area contributed by atoms with E-state index in [0.717, 1.165) is 0 Å². The average Bonchev–Trinajstić information content (AvgIpc) is 3.76. The van der Waals surface area contributed by atoms with Gasteiger partial charge in [-0.1, -0.05) is 48.6 Å². The summed E-state index contributed by atoms with van der Waals surface area (Å²) in [4.78, 5) is 25.0. The third-order valence-electron chi connectivity index (χ3n) is 8.76. The number of epoxide rings is 1. The van der Waals surface area contributed by atoms with Gasteiger partial charge < -0.3 is 59.7 Å². The normalized spacial score (nSPS) is 43.1. The van der Waals surface area contributed by atoms with Crippen molar-refractivity contribution in [1.29, 1.82) is 0 Å². The molecule has 3 fully saturated rings. The Morgan fingerprint density at radius 1 is 0.938 bits per heavy atom. The van der Waals surface area contributed by atoms with Crippen LogP contribution in [0.1, 0.15) is 46.0 Å². The first-order valence-corrected chi connectivity index (χ1v) is 16.3. The average molecular weight is 680 g/mol. The van der Waals surface area contributed by atoms with Crippen molar-refractivity contribution in [1.82, 2.24) is 0 Å². The summed E-state index contributed by atoms with van der Waals surface area (Å²) < 4.78 is 33.8. The lowest BCUT2D eigenvalue weighted by Crippen LogP contribution is -2.61. The molecule has 14 atom stereocenters. The molecule has 4 heterocycles. The third kappa shape index (κ3) is 10.6. The second-order valence-corrected chi connectivity index (χ2v) is 12.8. The summed E-state index contributed by atoms with van der Waals surface area (Å²) in [5.41, 5.74) is 6.01. The molecule has 0 aromatic heterocycles. The van der Waals surface area contributed by atoms with Gasteiger partial charge in [0.25, 0.3) is 0 Å². The Kier molecular flexibility index (Phi) is 13.7. The Hall–Kier alpha value is -2.76. The molecule has 7 N–H and O–H groups in total. The van der Waals surface area contributed by atoms with Crippen LogP contribution in [0.25, 0.3) is 0 Å². The van der Waals surface area contributed by atoms with Gasteiger partial charge in [0, 0.05) is 38.2 Å². The smallest absolute Gasteiger partial charge is 0.330 e. The lowest BCUT2D eigenvalue weighted by atomic mass is 9.83. The minimum Gasteiger partial charge on any atom is -0.469 e. The topological polar surface area (TPSA) is 220 Å². The summed E-state index contributed by atoms with van der Waals surface area (Å²) in [6, 6.07) is -1.06. The van der Waals surface area contributed by atoms with Gasteiger partial charge in [-0.3, -0.25) is 4.79 Å². The maximum absolute atomic E-state index is 12.9. The zero-order chi connectivity index (χ0) is 35.0. The maximum atomic E-state index is 12.9. The molecule has 14 heteroatoms. The van der Waals surface area contributed by atoms with Gasteiger partial charge in [0.15, 0.2) is 12.1 Å². The number of carbonyl (C=O) groups is 2. The molecule has 0 radical (unpaired) electrons. The molecule has 4 aliphatic rings. The summed E-state index contributed by atoms with van der Waals surface area (Å²) in [6.07, 6.45) is 6.23. The van der Waals surface area contributed by atoms with Crippen LogP contribution in [0.4, 0.5) is 0 Å². The second-order valence-electron chi connectivity index (χ2n) is 12.8. The van der Waals surface area contributed by atoms with Crippen LogP contribution in [0.15, 0.2) is 60.8 Å². The molecule has 4 aliphatic heterocycles. The number of aliphatic hydroxyl groups excluding tert-OH is 4. The van der Waals surface area contributed by atoms with Gasteiger partial charge in [-0.15, -0.1) is 0 Å². The van der Waals surface area contributed by atoms with Crippen molar-refractivity contribution in [3.63, 3.8) is 0 Å². The molecule has 268 valence electrons. The summed E-state index contributed by atoms with van der Waals surface area (Å²) in [5, 5.41) is 54.4. The van der Waals surface area contributed by atoms with Gasteiger partial charge in [0.2, 0.25) is 0 Å². The summed E-state index contributed by atoms with van der Waals surface area (Å²) in [7, 11) is 1.17. The van der Waals surface area contributed by atoms with Crippen LogP contribution in [-0.2, 0) is 38.0 Å². The van der Waals surface area contributed by atoms with E-state index in [-0.39, 0.29) is 25.4 Å². The molecule has 48 heavy (non-hydrogen) atoms. The molecular weight excluding hydrogens is 630 g/mol. The van der Waals surface area contributed by atoms with E-state index in [0.29, 0.717) is 6.42 Å². The highest BCUT2D eigenvalue weighted by Gasteiger charge is 2.51. The highest BCUT2D eigenvalue weighted by atomic mass is 16.7. The predicted octanol–water partition coefficient (Wildman–Crippen LogP) is 0.208. The van der Waals surface area contributed by atoms with E-state index in [1.54, 1.807) is 56.4 Å². The standard InChI is InChI=1S/C34H49NO13/c1-19-11-9-7-5-4-6-8-10-12-22(46-33-31(40)29(35)30(39)20(2)45-33)16-26-28(32(41)43-3)23(37)18-34(42,48-26)17-21(36)15-25-24(47-25)13-14-27(38)44-19/h4-10,12-14,19-26,28-31,33,36-37,39-40,42H,11,15-18,35H2,1-3H3. The second kappa shape index (κ2) is 17.3. The number of fused-ring (bicyclic) bond motifs is 3. The summed E-state index contributed by atoms with van der Waals surface area (Å²) in [6.45, 7) is 3.37. The van der Waals surface area contributed by atoms with Crippen LogP contribution in [0.5, 0.6) is 0 Å². The van der Waals surface area contributed by atoms with Crippen LogP contribution in [0.2, 0.25) is 0 Å². The fourth-order valence-corrected chi connectivity index (χ4v) is 6.13. The summed E-state index contributed by atoms with van der Waals surface area (Å²) >= 11 is 0. The Morgan fingerprint density at radius 3 is 2.38 bits per heavy atom. The van der Waals surface area contributed by atoms with Crippen LogP contribution >= 0.6 is 0 Å². The minimum absolute atomic E-state index is 0.105. The van der Waals surface area contributed by atoms with Crippen molar-refractivity contribution in [3.8, 4) is 0 Å². The Morgan fingerprint density at radius 2 is 1.65 bits per heavy atom. The van der Waals surface area contributed by atoms with Crippen molar-refractivity contribution in [3.05, 3.63) is 60.8 Å². The van der Waals surface area contributed by atoms with Gasteiger partial charge in [0.05, 0.1) is 55.9 Å². The summed E-state index contributed by atoms with van der Waals surface area (Å²) in [5.74, 6) is -4.56. The first-order chi connectivity index (χ1) is 22.8. The number of cyclic esters (lactones) is 1. The predicted molar refractivity (Wildman–Crippen MR) is 170 cm³/mol. The van der Waals surface area contributed by atoms with Gasteiger partial charge in [0.1, 0.15) is 24.2 Å². The molecular formula is C34H49NO13. The van der Waals surface area contributed by atoms with E-state index in [4.69, 9.17) is 34.2 Å². The van der Waals surface area contributed by atoms with E-state index < -0.39 is 97.3 Å². The number of hydrogen-bond acceptors (Lipinski definition) is 14. The van der Waals surface area contributed by atoms with Gasteiger partial charge >= 0.3 is 11.9 Å².